The Kier molecular flexibility index (Phi) is 3.81. The molecular formula is C9H10BrN3O2. The number of carbonyl (C=O) groups is 2. The number of rotatable bonds is 2. The minimum Gasteiger partial charge on any atom is -0.326 e. The molecule has 2 amide bonds. The second-order valence-electron chi connectivity index (χ2n) is 2.84. The number of nitrogens with two attached hydrogens (primary N) is 1. The molecule has 5 nitrogen and oxygen atoms in total. The Morgan fingerprint density at radius 1 is 1.40 bits per heavy atom. The number of nitrogens with one attached hydrogen (secondary N) is 2. The van der Waals surface area contributed by atoms with Gasteiger partial charge in [0.1, 0.15) is 0 Å². The molecule has 1 aromatic carbocycles. The third-order valence-electron chi connectivity index (χ3n) is 1.67. The van der Waals surface area contributed by atoms with Crippen LogP contribution in [0.1, 0.15) is 17.3 Å². The van der Waals surface area contributed by atoms with Crippen molar-refractivity contribution >= 4 is 33.4 Å². The Hall–Kier alpha value is -1.40. The normalized spacial score (nSPS) is 9.53. The highest BCUT2D eigenvalue weighted by molar-refractivity contribution is 9.10. The first-order chi connectivity index (χ1) is 7.04. The number of amides is 2. The van der Waals surface area contributed by atoms with Gasteiger partial charge in [-0.1, -0.05) is 15.9 Å². The molecule has 0 saturated heterocycles. The van der Waals surface area contributed by atoms with Gasteiger partial charge >= 0.3 is 0 Å². The van der Waals surface area contributed by atoms with Crippen LogP contribution >= 0.6 is 15.9 Å². The van der Waals surface area contributed by atoms with Crippen LogP contribution in [-0.4, -0.2) is 11.8 Å². The van der Waals surface area contributed by atoms with Gasteiger partial charge in [0.2, 0.25) is 5.91 Å². The second-order valence-corrected chi connectivity index (χ2v) is 3.76. The van der Waals surface area contributed by atoms with Crippen molar-refractivity contribution < 1.29 is 9.59 Å². The Labute approximate surface area is 95.1 Å². The fourth-order valence-electron chi connectivity index (χ4n) is 1.08. The summed E-state index contributed by atoms with van der Waals surface area (Å²) in [6, 6.07) is 4.92. The summed E-state index contributed by atoms with van der Waals surface area (Å²) in [6.45, 7) is 1.37. The van der Waals surface area contributed by atoms with E-state index >= 15 is 0 Å². The van der Waals surface area contributed by atoms with E-state index in [1.54, 1.807) is 18.2 Å². The molecule has 0 atom stereocenters. The summed E-state index contributed by atoms with van der Waals surface area (Å²) in [7, 11) is 0. The molecule has 0 radical (unpaired) electrons. The van der Waals surface area contributed by atoms with E-state index in [0.717, 1.165) is 4.47 Å². The number of anilines is 1. The van der Waals surface area contributed by atoms with Gasteiger partial charge in [-0.05, 0) is 18.2 Å². The predicted octanol–water partition coefficient (Wildman–Crippen LogP) is 1.01. The van der Waals surface area contributed by atoms with Crippen molar-refractivity contribution in [3.63, 3.8) is 0 Å². The molecule has 0 saturated carbocycles. The monoisotopic (exact) mass is 271 g/mol. The van der Waals surface area contributed by atoms with Crippen molar-refractivity contribution in [2.75, 3.05) is 5.32 Å². The first-order valence-corrected chi connectivity index (χ1v) is 4.92. The van der Waals surface area contributed by atoms with Gasteiger partial charge in [-0.15, -0.1) is 0 Å². The van der Waals surface area contributed by atoms with Crippen LogP contribution in [-0.2, 0) is 4.79 Å². The average molecular weight is 272 g/mol. The average Bonchev–Trinajstić information content (AvgIpc) is 2.19. The van der Waals surface area contributed by atoms with Crippen molar-refractivity contribution in [2.45, 2.75) is 6.92 Å². The molecule has 15 heavy (non-hydrogen) atoms. The summed E-state index contributed by atoms with van der Waals surface area (Å²) in [5.74, 6) is 4.32. The van der Waals surface area contributed by atoms with Crippen LogP contribution in [0.2, 0.25) is 0 Å². The van der Waals surface area contributed by atoms with Crippen molar-refractivity contribution in [2.24, 2.45) is 5.84 Å². The molecule has 0 fully saturated rings. The van der Waals surface area contributed by atoms with Crippen LogP contribution in [0.25, 0.3) is 0 Å². The third kappa shape index (κ3) is 3.03. The van der Waals surface area contributed by atoms with Crippen molar-refractivity contribution in [1.82, 2.24) is 5.43 Å². The summed E-state index contributed by atoms with van der Waals surface area (Å²) in [6.07, 6.45) is 0. The predicted molar refractivity (Wildman–Crippen MR) is 60.1 cm³/mol. The van der Waals surface area contributed by atoms with Gasteiger partial charge in [0.25, 0.3) is 5.91 Å². The van der Waals surface area contributed by atoms with Crippen LogP contribution in [0, 0.1) is 0 Å². The van der Waals surface area contributed by atoms with E-state index in [1.807, 2.05) is 5.43 Å². The van der Waals surface area contributed by atoms with Gasteiger partial charge in [-0.2, -0.15) is 0 Å². The number of carbonyl (C=O) groups excluding carboxylic acids is 2. The first-order valence-electron chi connectivity index (χ1n) is 4.12. The maximum Gasteiger partial charge on any atom is 0.267 e. The van der Waals surface area contributed by atoms with E-state index in [4.69, 9.17) is 5.84 Å². The minimum atomic E-state index is -0.458. The largest absolute Gasteiger partial charge is 0.326 e. The van der Waals surface area contributed by atoms with Crippen molar-refractivity contribution in [3.05, 3.63) is 28.2 Å². The summed E-state index contributed by atoms with van der Waals surface area (Å²) < 4.78 is 0.732. The van der Waals surface area contributed by atoms with Crippen LogP contribution in [0.5, 0.6) is 0 Å². The van der Waals surface area contributed by atoms with Gasteiger partial charge in [0.05, 0.1) is 11.3 Å². The number of halogens is 1. The molecule has 1 rings (SSSR count). The highest BCUT2D eigenvalue weighted by Crippen LogP contribution is 2.20. The van der Waals surface area contributed by atoms with Crippen LogP contribution in [0.15, 0.2) is 22.7 Å². The lowest BCUT2D eigenvalue weighted by Crippen LogP contribution is -2.30. The molecule has 6 heteroatoms. The fraction of sp³-hybridized carbons (Fsp3) is 0.111. The summed E-state index contributed by atoms with van der Waals surface area (Å²) in [5, 5.41) is 2.54. The molecule has 0 bridgehead atoms. The lowest BCUT2D eigenvalue weighted by Gasteiger charge is -2.08. The number of hydrazine groups is 1. The van der Waals surface area contributed by atoms with Crippen molar-refractivity contribution in [3.8, 4) is 0 Å². The molecule has 0 spiro atoms. The second kappa shape index (κ2) is 4.90. The van der Waals surface area contributed by atoms with Crippen LogP contribution in [0.3, 0.4) is 0 Å². The molecule has 0 unspecified atom stereocenters. The highest BCUT2D eigenvalue weighted by Gasteiger charge is 2.11. The molecule has 0 aromatic heterocycles. The van der Waals surface area contributed by atoms with Gasteiger partial charge in [0, 0.05) is 11.4 Å². The summed E-state index contributed by atoms with van der Waals surface area (Å²) in [4.78, 5) is 22.2. The fourth-order valence-corrected chi connectivity index (χ4v) is 1.44. The number of benzene rings is 1. The molecule has 1 aromatic rings. The highest BCUT2D eigenvalue weighted by atomic mass is 79.9. The first kappa shape index (κ1) is 11.7. The lowest BCUT2D eigenvalue weighted by atomic mass is 10.1. The molecule has 80 valence electrons. The molecule has 0 heterocycles. The molecular weight excluding hydrogens is 262 g/mol. The zero-order valence-corrected chi connectivity index (χ0v) is 9.59. The Morgan fingerprint density at radius 2 is 2.07 bits per heavy atom. The van der Waals surface area contributed by atoms with Gasteiger partial charge in [-0.3, -0.25) is 15.0 Å². The van der Waals surface area contributed by atoms with E-state index in [9.17, 15) is 9.59 Å². The van der Waals surface area contributed by atoms with Crippen molar-refractivity contribution in [1.29, 1.82) is 0 Å². The number of nitrogen functional groups attached to an aromatic ring is 1. The van der Waals surface area contributed by atoms with E-state index in [1.165, 1.54) is 6.92 Å². The van der Waals surface area contributed by atoms with E-state index in [0.29, 0.717) is 11.3 Å². The standard InChI is InChI=1S/C9H10BrN3O2/c1-5(14)12-8-3-2-6(10)4-7(8)9(15)13-11/h2-4H,11H2,1H3,(H,12,14)(H,13,15). The van der Waals surface area contributed by atoms with Crippen LogP contribution < -0.4 is 16.6 Å². The molecule has 4 N–H and O–H groups in total. The zero-order valence-electron chi connectivity index (χ0n) is 8.00. The quantitative estimate of drug-likeness (QED) is 0.427. The molecule has 0 aliphatic rings. The van der Waals surface area contributed by atoms with Gasteiger partial charge in [-0.25, -0.2) is 5.84 Å². The maximum absolute atomic E-state index is 11.4. The van der Waals surface area contributed by atoms with Gasteiger partial charge < -0.3 is 5.32 Å². The molecule has 0 aliphatic carbocycles. The minimum absolute atomic E-state index is 0.247. The summed E-state index contributed by atoms with van der Waals surface area (Å²) >= 11 is 3.23. The van der Waals surface area contributed by atoms with Crippen LogP contribution in [0.4, 0.5) is 5.69 Å². The molecule has 0 aliphatic heterocycles. The van der Waals surface area contributed by atoms with E-state index in [2.05, 4.69) is 21.2 Å². The number of hydrogen-bond acceptors (Lipinski definition) is 3. The van der Waals surface area contributed by atoms with Gasteiger partial charge in [0.15, 0.2) is 0 Å². The zero-order chi connectivity index (χ0) is 11.4. The Bertz CT molecular complexity index is 406. The Balaban J connectivity index is 3.14. The number of hydrogen-bond donors (Lipinski definition) is 3. The Morgan fingerprint density at radius 3 is 2.60 bits per heavy atom. The summed E-state index contributed by atoms with van der Waals surface area (Å²) in [5.41, 5.74) is 2.74. The lowest BCUT2D eigenvalue weighted by molar-refractivity contribution is -0.114. The smallest absolute Gasteiger partial charge is 0.267 e. The SMILES string of the molecule is CC(=O)Nc1ccc(Br)cc1C(=O)NN. The van der Waals surface area contributed by atoms with E-state index in [-0.39, 0.29) is 5.91 Å². The topological polar surface area (TPSA) is 84.2 Å². The maximum atomic E-state index is 11.4. The van der Waals surface area contributed by atoms with E-state index < -0.39 is 5.91 Å². The third-order valence-corrected chi connectivity index (χ3v) is 2.16.